The van der Waals surface area contributed by atoms with Crippen LogP contribution in [0.15, 0.2) is 48.5 Å². The predicted molar refractivity (Wildman–Crippen MR) is 85.3 cm³/mol. The van der Waals surface area contributed by atoms with Crippen molar-refractivity contribution < 1.29 is 4.74 Å². The van der Waals surface area contributed by atoms with Gasteiger partial charge in [-0.25, -0.2) is 0 Å². The molecule has 106 valence electrons. The monoisotopic (exact) mass is 269 g/mol. The fourth-order valence-corrected chi connectivity index (χ4v) is 1.97. The minimum Gasteiger partial charge on any atom is -0.491 e. The maximum atomic E-state index is 5.77. The summed E-state index contributed by atoms with van der Waals surface area (Å²) in [4.78, 5) is 0. The summed E-state index contributed by atoms with van der Waals surface area (Å²) < 4.78 is 5.77. The summed E-state index contributed by atoms with van der Waals surface area (Å²) in [5, 5.41) is 3.44. The van der Waals surface area contributed by atoms with Crippen LogP contribution < -0.4 is 10.1 Å². The van der Waals surface area contributed by atoms with Crippen LogP contribution in [0.1, 0.15) is 31.4 Å². The first-order chi connectivity index (χ1) is 9.69. The van der Waals surface area contributed by atoms with Crippen LogP contribution in [0.5, 0.6) is 5.75 Å². The molecule has 2 aromatic carbocycles. The zero-order valence-electron chi connectivity index (χ0n) is 12.5. The maximum Gasteiger partial charge on any atom is 0.119 e. The largest absolute Gasteiger partial charge is 0.491 e. The van der Waals surface area contributed by atoms with Gasteiger partial charge in [0.25, 0.3) is 0 Å². The summed E-state index contributed by atoms with van der Waals surface area (Å²) in [6.45, 7) is 7.20. The van der Waals surface area contributed by atoms with Crippen LogP contribution in [0, 0.1) is 6.92 Å². The highest BCUT2D eigenvalue weighted by Crippen LogP contribution is 2.18. The molecule has 0 spiro atoms. The van der Waals surface area contributed by atoms with Gasteiger partial charge in [0.05, 0.1) is 6.10 Å². The summed E-state index contributed by atoms with van der Waals surface area (Å²) >= 11 is 0. The van der Waals surface area contributed by atoms with Crippen LogP contribution in [0.3, 0.4) is 0 Å². The van der Waals surface area contributed by atoms with Crippen molar-refractivity contribution in [2.24, 2.45) is 0 Å². The maximum absolute atomic E-state index is 5.77. The number of nitrogens with one attached hydrogen (secondary N) is 1. The molecule has 20 heavy (non-hydrogen) atoms. The Bertz CT molecular complexity index is 533. The van der Waals surface area contributed by atoms with Gasteiger partial charge < -0.3 is 10.1 Å². The average Bonchev–Trinajstić information content (AvgIpc) is 2.48. The molecule has 2 rings (SSSR count). The van der Waals surface area contributed by atoms with Gasteiger partial charge in [-0.1, -0.05) is 31.2 Å². The molecule has 0 saturated heterocycles. The smallest absolute Gasteiger partial charge is 0.119 e. The third kappa shape index (κ3) is 4.02. The van der Waals surface area contributed by atoms with Crippen molar-refractivity contribution >= 4 is 5.69 Å². The van der Waals surface area contributed by atoms with E-state index in [-0.39, 0.29) is 6.10 Å². The van der Waals surface area contributed by atoms with Crippen LogP contribution >= 0.6 is 0 Å². The van der Waals surface area contributed by atoms with Crippen LogP contribution in [0.2, 0.25) is 0 Å². The number of ether oxygens (including phenoxy) is 1. The molecule has 2 heteroatoms. The lowest BCUT2D eigenvalue weighted by Gasteiger charge is -2.13. The van der Waals surface area contributed by atoms with Gasteiger partial charge >= 0.3 is 0 Å². The number of hydrogen-bond donors (Lipinski definition) is 1. The topological polar surface area (TPSA) is 21.3 Å². The van der Waals surface area contributed by atoms with E-state index in [0.29, 0.717) is 0 Å². The SMILES string of the molecule is CCC(C)Oc1ccc(NCc2ccccc2C)cc1. The number of anilines is 1. The van der Waals surface area contributed by atoms with Gasteiger partial charge in [-0.15, -0.1) is 0 Å². The van der Waals surface area contributed by atoms with E-state index in [2.05, 4.69) is 62.5 Å². The van der Waals surface area contributed by atoms with Crippen LogP contribution in [-0.2, 0) is 6.54 Å². The fraction of sp³-hybridized carbons (Fsp3) is 0.333. The lowest BCUT2D eigenvalue weighted by Crippen LogP contribution is -2.09. The fourth-order valence-electron chi connectivity index (χ4n) is 1.97. The minimum atomic E-state index is 0.265. The molecule has 0 aliphatic heterocycles. The van der Waals surface area contributed by atoms with E-state index in [1.165, 1.54) is 11.1 Å². The van der Waals surface area contributed by atoms with Gasteiger partial charge in [0.15, 0.2) is 0 Å². The van der Waals surface area contributed by atoms with E-state index in [4.69, 9.17) is 4.74 Å². The quantitative estimate of drug-likeness (QED) is 0.814. The molecule has 0 bridgehead atoms. The Hall–Kier alpha value is -1.96. The third-order valence-corrected chi connectivity index (χ3v) is 3.51. The summed E-state index contributed by atoms with van der Waals surface area (Å²) in [7, 11) is 0. The van der Waals surface area contributed by atoms with Crippen molar-refractivity contribution in [2.45, 2.75) is 39.8 Å². The summed E-state index contributed by atoms with van der Waals surface area (Å²) in [6, 6.07) is 16.6. The molecule has 0 amide bonds. The number of benzene rings is 2. The molecule has 1 unspecified atom stereocenters. The van der Waals surface area contributed by atoms with Crippen LogP contribution in [-0.4, -0.2) is 6.10 Å². The Labute approximate surface area is 121 Å². The molecule has 0 heterocycles. The van der Waals surface area contributed by atoms with Crippen molar-refractivity contribution in [1.29, 1.82) is 0 Å². The Kier molecular flexibility index (Phi) is 5.05. The second-order valence-electron chi connectivity index (χ2n) is 5.14. The molecule has 0 aromatic heterocycles. The van der Waals surface area contributed by atoms with E-state index in [9.17, 15) is 0 Å². The molecule has 0 radical (unpaired) electrons. The summed E-state index contributed by atoms with van der Waals surface area (Å²) in [5.74, 6) is 0.931. The highest BCUT2D eigenvalue weighted by molar-refractivity contribution is 5.47. The molecule has 2 aromatic rings. The first-order valence-corrected chi connectivity index (χ1v) is 7.24. The van der Waals surface area contributed by atoms with E-state index in [1.807, 2.05) is 12.1 Å². The lowest BCUT2D eigenvalue weighted by atomic mass is 10.1. The van der Waals surface area contributed by atoms with Crippen molar-refractivity contribution in [2.75, 3.05) is 5.32 Å². The Balaban J connectivity index is 1.92. The van der Waals surface area contributed by atoms with E-state index >= 15 is 0 Å². The summed E-state index contributed by atoms with van der Waals surface area (Å²) in [6.07, 6.45) is 1.29. The van der Waals surface area contributed by atoms with Crippen molar-refractivity contribution in [3.05, 3.63) is 59.7 Å². The number of hydrogen-bond acceptors (Lipinski definition) is 2. The van der Waals surface area contributed by atoms with Gasteiger partial charge in [0.1, 0.15) is 5.75 Å². The molecule has 0 fully saturated rings. The molecular weight excluding hydrogens is 246 g/mol. The van der Waals surface area contributed by atoms with Crippen LogP contribution in [0.4, 0.5) is 5.69 Å². The van der Waals surface area contributed by atoms with Gasteiger partial charge in [-0.3, -0.25) is 0 Å². The van der Waals surface area contributed by atoms with Crippen molar-refractivity contribution in [3.63, 3.8) is 0 Å². The number of rotatable bonds is 6. The molecule has 1 atom stereocenters. The Morgan fingerprint density at radius 2 is 1.75 bits per heavy atom. The van der Waals surface area contributed by atoms with E-state index < -0.39 is 0 Å². The molecule has 1 N–H and O–H groups in total. The minimum absolute atomic E-state index is 0.265. The van der Waals surface area contributed by atoms with Gasteiger partial charge in [0.2, 0.25) is 0 Å². The second-order valence-corrected chi connectivity index (χ2v) is 5.14. The molecule has 0 saturated carbocycles. The van der Waals surface area contributed by atoms with Gasteiger partial charge in [-0.05, 0) is 55.7 Å². The lowest BCUT2D eigenvalue weighted by molar-refractivity contribution is 0.217. The predicted octanol–water partition coefficient (Wildman–Crippen LogP) is 4.78. The first-order valence-electron chi connectivity index (χ1n) is 7.24. The zero-order valence-corrected chi connectivity index (χ0v) is 12.5. The molecule has 2 nitrogen and oxygen atoms in total. The second kappa shape index (κ2) is 6.99. The zero-order chi connectivity index (χ0) is 14.4. The summed E-state index contributed by atoms with van der Waals surface area (Å²) in [5.41, 5.74) is 3.76. The van der Waals surface area contributed by atoms with Crippen LogP contribution in [0.25, 0.3) is 0 Å². The number of aryl methyl sites for hydroxylation is 1. The third-order valence-electron chi connectivity index (χ3n) is 3.51. The standard InChI is InChI=1S/C18H23NO/c1-4-15(3)20-18-11-9-17(10-12-18)19-13-16-8-6-5-7-14(16)2/h5-12,15,19H,4,13H2,1-3H3. The van der Waals surface area contributed by atoms with Gasteiger partial charge in [-0.2, -0.15) is 0 Å². The van der Waals surface area contributed by atoms with Crippen molar-refractivity contribution in [3.8, 4) is 5.75 Å². The molecule has 0 aliphatic rings. The highest BCUT2D eigenvalue weighted by atomic mass is 16.5. The first kappa shape index (κ1) is 14.4. The van der Waals surface area contributed by atoms with Crippen molar-refractivity contribution in [1.82, 2.24) is 0 Å². The average molecular weight is 269 g/mol. The van der Waals surface area contributed by atoms with Gasteiger partial charge in [0, 0.05) is 12.2 Å². The molecular formula is C18H23NO. The Morgan fingerprint density at radius 3 is 2.40 bits per heavy atom. The normalized spacial score (nSPS) is 11.9. The van der Waals surface area contributed by atoms with E-state index in [1.54, 1.807) is 0 Å². The highest BCUT2D eigenvalue weighted by Gasteiger charge is 2.01. The molecule has 0 aliphatic carbocycles. The Morgan fingerprint density at radius 1 is 1.05 bits per heavy atom. The van der Waals surface area contributed by atoms with E-state index in [0.717, 1.165) is 24.4 Å².